The van der Waals surface area contributed by atoms with Gasteiger partial charge in [-0.25, -0.2) is 0 Å². The van der Waals surface area contributed by atoms with Gasteiger partial charge in [0.1, 0.15) is 0 Å². The molecule has 1 unspecified atom stereocenters. The summed E-state index contributed by atoms with van der Waals surface area (Å²) in [5, 5.41) is 8.34. The van der Waals surface area contributed by atoms with E-state index in [1.165, 1.54) is 0 Å². The summed E-state index contributed by atoms with van der Waals surface area (Å²) in [7, 11) is 6.34. The molecule has 1 aromatic heterocycles. The lowest BCUT2D eigenvalue weighted by Gasteiger charge is -2.45. The SMILES string of the molecule is CCCNC(c1ccn(C)n1)C(CC)(CC)N(C)C. The molecule has 0 aliphatic heterocycles. The summed E-state index contributed by atoms with van der Waals surface area (Å²) in [4.78, 5) is 2.36. The topological polar surface area (TPSA) is 33.1 Å². The first-order valence-electron chi connectivity index (χ1n) is 7.42. The molecule has 1 heterocycles. The summed E-state index contributed by atoms with van der Waals surface area (Å²) in [5.41, 5.74) is 1.26. The Morgan fingerprint density at radius 2 is 1.95 bits per heavy atom. The summed E-state index contributed by atoms with van der Waals surface area (Å²) >= 11 is 0. The second-order valence-corrected chi connectivity index (χ2v) is 5.51. The van der Waals surface area contributed by atoms with Crippen molar-refractivity contribution in [2.45, 2.75) is 51.6 Å². The zero-order chi connectivity index (χ0) is 14.5. The molecule has 110 valence electrons. The number of hydrogen-bond acceptors (Lipinski definition) is 3. The number of nitrogens with one attached hydrogen (secondary N) is 1. The molecule has 4 nitrogen and oxygen atoms in total. The molecule has 1 rings (SSSR count). The minimum Gasteiger partial charge on any atom is -0.307 e. The predicted octanol–water partition coefficient (Wildman–Crippen LogP) is 2.58. The zero-order valence-electron chi connectivity index (χ0n) is 13.4. The molecule has 0 bridgehead atoms. The largest absolute Gasteiger partial charge is 0.307 e. The van der Waals surface area contributed by atoms with Gasteiger partial charge in [0, 0.05) is 18.8 Å². The van der Waals surface area contributed by atoms with Gasteiger partial charge in [-0.1, -0.05) is 20.8 Å². The first kappa shape index (κ1) is 16.2. The standard InChI is InChI=1S/C15H30N4/c1-7-11-16-14(13-10-12-19(6)17-13)15(8-2,9-3)18(4)5/h10,12,14,16H,7-9,11H2,1-6H3. The Kier molecular flexibility index (Phi) is 6.01. The number of likely N-dealkylation sites (N-methyl/N-ethyl adjacent to an activating group) is 1. The maximum Gasteiger partial charge on any atom is 0.0812 e. The number of hydrogen-bond donors (Lipinski definition) is 1. The van der Waals surface area contributed by atoms with Gasteiger partial charge in [-0.3, -0.25) is 4.68 Å². The van der Waals surface area contributed by atoms with Crippen LogP contribution in [0.3, 0.4) is 0 Å². The van der Waals surface area contributed by atoms with E-state index in [0.717, 1.165) is 31.5 Å². The molecule has 1 N–H and O–H groups in total. The molecule has 0 saturated carbocycles. The summed E-state index contributed by atoms with van der Waals surface area (Å²) in [5.74, 6) is 0. The van der Waals surface area contributed by atoms with Crippen LogP contribution in [0.1, 0.15) is 51.8 Å². The Labute approximate surface area is 118 Å². The molecule has 0 fully saturated rings. The van der Waals surface area contributed by atoms with Crippen LogP contribution in [0.25, 0.3) is 0 Å². The van der Waals surface area contributed by atoms with Crippen LogP contribution in [0.2, 0.25) is 0 Å². The van der Waals surface area contributed by atoms with Gasteiger partial charge in [0.05, 0.1) is 11.7 Å². The summed E-state index contributed by atoms with van der Waals surface area (Å²) in [6.45, 7) is 7.77. The number of rotatable bonds is 8. The van der Waals surface area contributed by atoms with Crippen molar-refractivity contribution >= 4 is 0 Å². The van der Waals surface area contributed by atoms with Crippen molar-refractivity contribution < 1.29 is 0 Å². The molecule has 0 radical (unpaired) electrons. The van der Waals surface area contributed by atoms with Crippen molar-refractivity contribution in [1.82, 2.24) is 20.0 Å². The van der Waals surface area contributed by atoms with Crippen LogP contribution in [-0.2, 0) is 7.05 Å². The third-order valence-electron chi connectivity index (χ3n) is 4.28. The lowest BCUT2D eigenvalue weighted by atomic mass is 9.81. The monoisotopic (exact) mass is 266 g/mol. The molecule has 4 heteroatoms. The Morgan fingerprint density at radius 3 is 2.32 bits per heavy atom. The van der Waals surface area contributed by atoms with Crippen LogP contribution in [-0.4, -0.2) is 40.9 Å². The third-order valence-corrected chi connectivity index (χ3v) is 4.28. The smallest absolute Gasteiger partial charge is 0.0812 e. The highest BCUT2D eigenvalue weighted by Crippen LogP contribution is 2.35. The lowest BCUT2D eigenvalue weighted by Crippen LogP contribution is -2.53. The van der Waals surface area contributed by atoms with Gasteiger partial charge in [0.25, 0.3) is 0 Å². The van der Waals surface area contributed by atoms with Gasteiger partial charge in [-0.05, 0) is 46.0 Å². The average molecular weight is 266 g/mol. The van der Waals surface area contributed by atoms with E-state index in [-0.39, 0.29) is 11.6 Å². The third kappa shape index (κ3) is 3.37. The molecule has 0 spiro atoms. The quantitative estimate of drug-likeness (QED) is 0.785. The molecule has 1 aromatic rings. The van der Waals surface area contributed by atoms with Gasteiger partial charge in [-0.15, -0.1) is 0 Å². The summed E-state index contributed by atoms with van der Waals surface area (Å²) in [6.07, 6.45) is 5.38. The number of aryl methyl sites for hydroxylation is 1. The van der Waals surface area contributed by atoms with E-state index in [1.807, 2.05) is 17.9 Å². The van der Waals surface area contributed by atoms with Crippen LogP contribution in [0, 0.1) is 0 Å². The maximum atomic E-state index is 4.64. The Hall–Kier alpha value is -0.870. The van der Waals surface area contributed by atoms with Crippen molar-refractivity contribution in [2.24, 2.45) is 7.05 Å². The van der Waals surface area contributed by atoms with E-state index < -0.39 is 0 Å². The van der Waals surface area contributed by atoms with Crippen LogP contribution >= 0.6 is 0 Å². The fourth-order valence-electron chi connectivity index (χ4n) is 2.99. The highest BCUT2D eigenvalue weighted by molar-refractivity contribution is 5.14. The number of aromatic nitrogens is 2. The summed E-state index contributed by atoms with van der Waals surface area (Å²) < 4.78 is 1.89. The fraction of sp³-hybridized carbons (Fsp3) is 0.800. The van der Waals surface area contributed by atoms with Crippen LogP contribution < -0.4 is 5.32 Å². The first-order chi connectivity index (χ1) is 9.01. The van der Waals surface area contributed by atoms with E-state index in [9.17, 15) is 0 Å². The summed E-state index contributed by atoms with van der Waals surface area (Å²) in [6, 6.07) is 2.41. The van der Waals surface area contributed by atoms with E-state index >= 15 is 0 Å². The van der Waals surface area contributed by atoms with Gasteiger partial charge in [0.2, 0.25) is 0 Å². The van der Waals surface area contributed by atoms with E-state index in [0.29, 0.717) is 0 Å². The normalized spacial score (nSPS) is 14.1. The molecular formula is C15H30N4. The fourth-order valence-corrected chi connectivity index (χ4v) is 2.99. The van der Waals surface area contributed by atoms with Gasteiger partial charge < -0.3 is 10.2 Å². The molecule has 19 heavy (non-hydrogen) atoms. The highest BCUT2D eigenvalue weighted by atomic mass is 15.3. The lowest BCUT2D eigenvalue weighted by molar-refractivity contribution is 0.0860. The van der Waals surface area contributed by atoms with E-state index in [4.69, 9.17) is 0 Å². The van der Waals surface area contributed by atoms with Crippen molar-refractivity contribution in [1.29, 1.82) is 0 Å². The Morgan fingerprint density at radius 1 is 1.32 bits per heavy atom. The molecule has 0 saturated heterocycles. The van der Waals surface area contributed by atoms with Crippen LogP contribution in [0.5, 0.6) is 0 Å². The Bertz CT molecular complexity index is 366. The van der Waals surface area contributed by atoms with Crippen LogP contribution in [0.15, 0.2) is 12.3 Å². The minimum absolute atomic E-state index is 0.115. The molecule has 0 aromatic carbocycles. The van der Waals surface area contributed by atoms with Gasteiger partial charge >= 0.3 is 0 Å². The van der Waals surface area contributed by atoms with E-state index in [1.54, 1.807) is 0 Å². The zero-order valence-corrected chi connectivity index (χ0v) is 13.4. The van der Waals surface area contributed by atoms with Crippen molar-refractivity contribution in [3.63, 3.8) is 0 Å². The minimum atomic E-state index is 0.115. The molecule has 0 aliphatic rings. The Balaban J connectivity index is 3.13. The number of nitrogens with zero attached hydrogens (tertiary/aromatic N) is 3. The van der Waals surface area contributed by atoms with Gasteiger partial charge in [0.15, 0.2) is 0 Å². The second-order valence-electron chi connectivity index (χ2n) is 5.51. The molecule has 0 aliphatic carbocycles. The van der Waals surface area contributed by atoms with Crippen molar-refractivity contribution in [2.75, 3.05) is 20.6 Å². The van der Waals surface area contributed by atoms with Crippen molar-refractivity contribution in [3.05, 3.63) is 18.0 Å². The first-order valence-corrected chi connectivity index (χ1v) is 7.42. The predicted molar refractivity (Wildman–Crippen MR) is 81.2 cm³/mol. The highest BCUT2D eigenvalue weighted by Gasteiger charge is 2.39. The maximum absolute atomic E-state index is 4.64. The van der Waals surface area contributed by atoms with Crippen molar-refractivity contribution in [3.8, 4) is 0 Å². The van der Waals surface area contributed by atoms with Gasteiger partial charge in [-0.2, -0.15) is 5.10 Å². The van der Waals surface area contributed by atoms with E-state index in [2.05, 4.69) is 56.2 Å². The molecular weight excluding hydrogens is 236 g/mol. The molecule has 0 amide bonds. The average Bonchev–Trinajstić information content (AvgIpc) is 2.81. The second kappa shape index (κ2) is 7.06. The van der Waals surface area contributed by atoms with Crippen LogP contribution in [0.4, 0.5) is 0 Å². The molecule has 1 atom stereocenters.